The van der Waals surface area contributed by atoms with Gasteiger partial charge < -0.3 is 0 Å². The van der Waals surface area contributed by atoms with Crippen molar-refractivity contribution in [1.82, 2.24) is 15.0 Å². The summed E-state index contributed by atoms with van der Waals surface area (Å²) < 4.78 is 4.05. The van der Waals surface area contributed by atoms with E-state index in [1.807, 2.05) is 0 Å². The zero-order chi connectivity index (χ0) is 12.3. The molecule has 2 rings (SSSR count). The Bertz CT molecular complexity index is 477. The van der Waals surface area contributed by atoms with Crippen LogP contribution in [-0.2, 0) is 6.42 Å². The van der Waals surface area contributed by atoms with Crippen LogP contribution in [0.4, 0.5) is 0 Å². The average Bonchev–Trinajstić information content (AvgIpc) is 2.92. The molecule has 4 nitrogen and oxygen atoms in total. The third-order valence-electron chi connectivity index (χ3n) is 2.71. The van der Waals surface area contributed by atoms with Gasteiger partial charge in [0.1, 0.15) is 0 Å². The van der Waals surface area contributed by atoms with E-state index in [2.05, 4.69) is 40.3 Å². The average molecular weight is 268 g/mol. The van der Waals surface area contributed by atoms with Crippen molar-refractivity contribution in [2.24, 2.45) is 5.84 Å². The van der Waals surface area contributed by atoms with Gasteiger partial charge in [-0.1, -0.05) is 17.8 Å². The minimum atomic E-state index is 0.0165. The maximum absolute atomic E-state index is 5.69. The van der Waals surface area contributed by atoms with Crippen LogP contribution >= 0.6 is 22.9 Å². The fraction of sp³-hybridized carbons (Fsp3) is 0.455. The van der Waals surface area contributed by atoms with E-state index in [1.165, 1.54) is 22.0 Å². The van der Waals surface area contributed by atoms with Crippen LogP contribution in [0.2, 0.25) is 0 Å². The Kier molecular flexibility index (Phi) is 4.22. The molecule has 17 heavy (non-hydrogen) atoms. The summed E-state index contributed by atoms with van der Waals surface area (Å²) in [6.45, 7) is 4.25. The molecule has 0 aliphatic heterocycles. The minimum absolute atomic E-state index is 0.0165. The van der Waals surface area contributed by atoms with Gasteiger partial charge in [-0.2, -0.15) is 0 Å². The lowest BCUT2D eigenvalue weighted by atomic mass is 10.0. The summed E-state index contributed by atoms with van der Waals surface area (Å²) in [5, 5.41) is 6.28. The Morgan fingerprint density at radius 3 is 2.94 bits per heavy atom. The SMILES string of the molecule is CCCc1nnsc1C(NN)c1ccsc1C. The maximum atomic E-state index is 5.69. The fourth-order valence-corrected chi connectivity index (χ4v) is 3.36. The summed E-state index contributed by atoms with van der Waals surface area (Å²) in [4.78, 5) is 2.42. The second-order valence-corrected chi connectivity index (χ2v) is 5.77. The van der Waals surface area contributed by atoms with E-state index in [4.69, 9.17) is 5.84 Å². The van der Waals surface area contributed by atoms with Crippen LogP contribution in [-0.4, -0.2) is 9.59 Å². The van der Waals surface area contributed by atoms with Crippen LogP contribution in [0.5, 0.6) is 0 Å². The summed E-state index contributed by atoms with van der Waals surface area (Å²) in [5.41, 5.74) is 5.17. The van der Waals surface area contributed by atoms with Gasteiger partial charge in [-0.3, -0.25) is 5.84 Å². The van der Waals surface area contributed by atoms with E-state index in [1.54, 1.807) is 11.3 Å². The number of hydrazine groups is 1. The van der Waals surface area contributed by atoms with E-state index in [0.29, 0.717) is 0 Å². The molecular formula is C11H16N4S2. The molecule has 0 bridgehead atoms. The third-order valence-corrected chi connectivity index (χ3v) is 4.40. The van der Waals surface area contributed by atoms with Crippen molar-refractivity contribution < 1.29 is 0 Å². The van der Waals surface area contributed by atoms with Crippen molar-refractivity contribution in [1.29, 1.82) is 0 Å². The third kappa shape index (κ3) is 2.55. The first-order valence-corrected chi connectivity index (χ1v) is 7.24. The van der Waals surface area contributed by atoms with Crippen molar-refractivity contribution in [3.05, 3.63) is 32.5 Å². The first-order chi connectivity index (χ1) is 8.27. The van der Waals surface area contributed by atoms with Gasteiger partial charge in [0.15, 0.2) is 0 Å². The van der Waals surface area contributed by atoms with Crippen molar-refractivity contribution >= 4 is 22.9 Å². The monoisotopic (exact) mass is 268 g/mol. The largest absolute Gasteiger partial charge is 0.271 e. The molecule has 2 aromatic heterocycles. The van der Waals surface area contributed by atoms with Crippen LogP contribution in [0, 0.1) is 6.92 Å². The number of thiophene rings is 1. The Morgan fingerprint density at radius 1 is 1.53 bits per heavy atom. The molecule has 2 heterocycles. The molecule has 0 saturated carbocycles. The zero-order valence-corrected chi connectivity index (χ0v) is 11.6. The van der Waals surface area contributed by atoms with Crippen molar-refractivity contribution in [2.45, 2.75) is 32.7 Å². The van der Waals surface area contributed by atoms with Crippen LogP contribution in [0.25, 0.3) is 0 Å². The Hall–Kier alpha value is -0.820. The van der Waals surface area contributed by atoms with Gasteiger partial charge in [-0.25, -0.2) is 5.43 Å². The van der Waals surface area contributed by atoms with Crippen LogP contribution in [0.3, 0.4) is 0 Å². The summed E-state index contributed by atoms with van der Waals surface area (Å²) in [5.74, 6) is 5.69. The molecule has 1 unspecified atom stereocenters. The molecule has 0 amide bonds. The van der Waals surface area contributed by atoms with Crippen LogP contribution in [0.1, 0.15) is 40.4 Å². The predicted molar refractivity (Wildman–Crippen MR) is 72.1 cm³/mol. The highest BCUT2D eigenvalue weighted by molar-refractivity contribution is 7.10. The summed E-state index contributed by atoms with van der Waals surface area (Å²) in [6.07, 6.45) is 2.02. The van der Waals surface area contributed by atoms with Gasteiger partial charge in [0.25, 0.3) is 0 Å². The summed E-state index contributed by atoms with van der Waals surface area (Å²) >= 11 is 3.16. The van der Waals surface area contributed by atoms with Gasteiger partial charge in [-0.05, 0) is 41.9 Å². The maximum Gasteiger partial charge on any atom is 0.0848 e. The quantitative estimate of drug-likeness (QED) is 0.645. The molecule has 0 spiro atoms. The van der Waals surface area contributed by atoms with E-state index in [-0.39, 0.29) is 6.04 Å². The van der Waals surface area contributed by atoms with Gasteiger partial charge in [0.2, 0.25) is 0 Å². The van der Waals surface area contributed by atoms with E-state index in [9.17, 15) is 0 Å². The molecule has 0 aliphatic carbocycles. The zero-order valence-electron chi connectivity index (χ0n) is 9.93. The number of hydrogen-bond acceptors (Lipinski definition) is 6. The minimum Gasteiger partial charge on any atom is -0.271 e. The Labute approximate surface area is 109 Å². The highest BCUT2D eigenvalue weighted by Gasteiger charge is 2.21. The first-order valence-electron chi connectivity index (χ1n) is 5.59. The highest BCUT2D eigenvalue weighted by Crippen LogP contribution is 2.31. The van der Waals surface area contributed by atoms with E-state index in [0.717, 1.165) is 23.4 Å². The second-order valence-electron chi connectivity index (χ2n) is 3.87. The van der Waals surface area contributed by atoms with E-state index < -0.39 is 0 Å². The van der Waals surface area contributed by atoms with Gasteiger partial charge in [-0.15, -0.1) is 16.4 Å². The van der Waals surface area contributed by atoms with Crippen molar-refractivity contribution in [2.75, 3.05) is 0 Å². The molecule has 1 atom stereocenters. The molecule has 0 fully saturated rings. The van der Waals surface area contributed by atoms with Crippen LogP contribution < -0.4 is 11.3 Å². The summed E-state index contributed by atoms with van der Waals surface area (Å²) in [7, 11) is 0. The molecule has 3 N–H and O–H groups in total. The standard InChI is InChI=1S/C11H16N4S2/c1-3-4-9-11(17-15-14-9)10(13-12)8-5-6-16-7(8)2/h5-6,10,13H,3-4,12H2,1-2H3. The lowest BCUT2D eigenvalue weighted by Crippen LogP contribution is -2.29. The van der Waals surface area contributed by atoms with Crippen molar-refractivity contribution in [3.63, 3.8) is 0 Å². The number of aryl methyl sites for hydroxylation is 2. The van der Waals surface area contributed by atoms with E-state index >= 15 is 0 Å². The number of nitrogens with two attached hydrogens (primary N) is 1. The van der Waals surface area contributed by atoms with Gasteiger partial charge in [0, 0.05) is 4.88 Å². The number of nitrogens with one attached hydrogen (secondary N) is 1. The number of hydrogen-bond donors (Lipinski definition) is 2. The summed E-state index contributed by atoms with van der Waals surface area (Å²) in [6, 6.07) is 2.13. The molecule has 2 aromatic rings. The molecule has 0 aliphatic rings. The lowest BCUT2D eigenvalue weighted by molar-refractivity contribution is 0.636. The molecule has 0 radical (unpaired) electrons. The fourth-order valence-electron chi connectivity index (χ4n) is 1.85. The Morgan fingerprint density at radius 2 is 2.35 bits per heavy atom. The number of nitrogens with zero attached hydrogens (tertiary/aromatic N) is 2. The smallest absolute Gasteiger partial charge is 0.0848 e. The Balaban J connectivity index is 2.35. The topological polar surface area (TPSA) is 63.8 Å². The predicted octanol–water partition coefficient (Wildman–Crippen LogP) is 2.41. The lowest BCUT2D eigenvalue weighted by Gasteiger charge is -2.14. The molecule has 0 saturated heterocycles. The molecule has 6 heteroatoms. The molecular weight excluding hydrogens is 252 g/mol. The molecule has 92 valence electrons. The molecule has 0 aromatic carbocycles. The number of aromatic nitrogens is 2. The number of rotatable bonds is 5. The van der Waals surface area contributed by atoms with Crippen LogP contribution in [0.15, 0.2) is 11.4 Å². The first kappa shape index (κ1) is 12.6. The van der Waals surface area contributed by atoms with Gasteiger partial charge in [0.05, 0.1) is 16.6 Å². The van der Waals surface area contributed by atoms with Gasteiger partial charge >= 0.3 is 0 Å². The van der Waals surface area contributed by atoms with Crippen molar-refractivity contribution in [3.8, 4) is 0 Å². The highest BCUT2D eigenvalue weighted by atomic mass is 32.1. The normalized spacial score (nSPS) is 12.9. The second kappa shape index (κ2) is 5.68.